The molecule has 2 aromatic carbocycles. The van der Waals surface area contributed by atoms with Crippen molar-refractivity contribution in [2.45, 2.75) is 50.1 Å². The van der Waals surface area contributed by atoms with E-state index < -0.39 is 52.8 Å². The average Bonchev–Trinajstić information content (AvgIpc) is 3.11. The maximum absolute atomic E-state index is 13.8. The first-order chi connectivity index (χ1) is 23.9. The number of ether oxygens (including phenoxy) is 2. The van der Waals surface area contributed by atoms with Gasteiger partial charge in [-0.3, -0.25) is 9.97 Å². The second-order valence-electron chi connectivity index (χ2n) is 12.4. The van der Waals surface area contributed by atoms with Gasteiger partial charge in [0.25, 0.3) is 0 Å². The first-order valence-electron chi connectivity index (χ1n) is 16.2. The second-order valence-corrected chi connectivity index (χ2v) is 12.9. The van der Waals surface area contributed by atoms with Gasteiger partial charge in [-0.2, -0.15) is 8.78 Å². The molecule has 2 aromatic heterocycles. The minimum absolute atomic E-state index is 0.0637. The van der Waals surface area contributed by atoms with Crippen LogP contribution in [0.25, 0.3) is 0 Å². The van der Waals surface area contributed by atoms with Crippen molar-refractivity contribution in [3.8, 4) is 11.5 Å². The number of hydrogen-bond acceptors (Lipinski definition) is 8. The van der Waals surface area contributed by atoms with E-state index in [9.17, 15) is 32.2 Å². The number of phenolic OH excluding ortho intramolecular Hbond substituents is 2. The van der Waals surface area contributed by atoms with Crippen molar-refractivity contribution in [2.75, 3.05) is 40.3 Å². The molecule has 14 heteroatoms. The van der Waals surface area contributed by atoms with E-state index in [1.54, 1.807) is 12.1 Å². The summed E-state index contributed by atoms with van der Waals surface area (Å²) in [5, 5.41) is 20.6. The molecule has 2 N–H and O–H groups in total. The maximum Gasteiger partial charge on any atom is 0.200 e. The molecule has 4 aromatic rings. The lowest BCUT2D eigenvalue weighted by Gasteiger charge is -2.32. The van der Waals surface area contributed by atoms with Crippen LogP contribution >= 0.6 is 11.6 Å². The first-order valence-corrected chi connectivity index (χ1v) is 16.5. The number of likely N-dealkylation sites (tertiary alicyclic amines) is 2. The summed E-state index contributed by atoms with van der Waals surface area (Å²) < 4.78 is 79.7. The van der Waals surface area contributed by atoms with Crippen LogP contribution in [0.15, 0.2) is 60.9 Å². The zero-order chi connectivity index (χ0) is 35.9. The quantitative estimate of drug-likeness (QED) is 0.183. The van der Waals surface area contributed by atoms with Gasteiger partial charge < -0.3 is 29.5 Å². The van der Waals surface area contributed by atoms with Gasteiger partial charge in [-0.15, -0.1) is 0 Å². The molecule has 8 nitrogen and oxygen atoms in total. The third-order valence-electron chi connectivity index (χ3n) is 8.79. The molecule has 0 saturated carbocycles. The molecule has 4 heterocycles. The highest BCUT2D eigenvalue weighted by molar-refractivity contribution is 6.30. The van der Waals surface area contributed by atoms with E-state index in [2.05, 4.69) is 19.8 Å². The lowest BCUT2D eigenvalue weighted by molar-refractivity contribution is -0.0261. The van der Waals surface area contributed by atoms with E-state index in [4.69, 9.17) is 21.1 Å². The van der Waals surface area contributed by atoms with Gasteiger partial charge >= 0.3 is 0 Å². The summed E-state index contributed by atoms with van der Waals surface area (Å²) >= 11 is 5.88. The van der Waals surface area contributed by atoms with E-state index in [-0.39, 0.29) is 23.3 Å². The minimum atomic E-state index is -1.34. The summed E-state index contributed by atoms with van der Waals surface area (Å²) in [4.78, 5) is 12.6. The molecule has 0 bridgehead atoms. The monoisotopic (exact) mass is 720 g/mol. The van der Waals surface area contributed by atoms with E-state index in [0.29, 0.717) is 16.4 Å². The van der Waals surface area contributed by atoms with Crippen LogP contribution in [0.5, 0.6) is 11.5 Å². The van der Waals surface area contributed by atoms with Crippen LogP contribution in [0.2, 0.25) is 5.02 Å². The third-order valence-corrected chi connectivity index (χ3v) is 9.02. The van der Waals surface area contributed by atoms with Gasteiger partial charge in [-0.05, 0) is 88.3 Å². The topological polar surface area (TPSA) is 91.2 Å². The summed E-state index contributed by atoms with van der Waals surface area (Å²) in [6.45, 7) is 3.46. The highest BCUT2D eigenvalue weighted by Gasteiger charge is 2.30. The van der Waals surface area contributed by atoms with Crippen molar-refractivity contribution >= 4 is 11.6 Å². The van der Waals surface area contributed by atoms with Crippen LogP contribution in [0.4, 0.5) is 22.0 Å². The second kappa shape index (κ2) is 16.9. The van der Waals surface area contributed by atoms with Crippen molar-refractivity contribution in [2.24, 2.45) is 0 Å². The van der Waals surface area contributed by atoms with Gasteiger partial charge in [-0.25, -0.2) is 13.2 Å². The van der Waals surface area contributed by atoms with Gasteiger partial charge in [0, 0.05) is 43.5 Å². The Bertz CT molecular complexity index is 1590. The molecule has 0 spiro atoms. The Labute approximate surface area is 292 Å². The summed E-state index contributed by atoms with van der Waals surface area (Å²) in [7, 11) is 4.05. The zero-order valence-corrected chi connectivity index (χ0v) is 28.3. The number of benzene rings is 2. The summed E-state index contributed by atoms with van der Waals surface area (Å²) in [6, 6.07) is 10.4. The van der Waals surface area contributed by atoms with Crippen molar-refractivity contribution in [3.05, 3.63) is 118 Å². The lowest BCUT2D eigenvalue weighted by atomic mass is 10.0. The molecule has 2 aliphatic rings. The van der Waals surface area contributed by atoms with Crippen LogP contribution < -0.4 is 0 Å². The molecule has 2 aliphatic heterocycles. The number of nitrogens with zero attached hydrogens (tertiary/aromatic N) is 4. The SMILES string of the molecule is CN1CCC(OC(c2ccc(Cl)cn2)c2ccc(F)c(F)c2O)CC1.CN1CCC(OC(c2ccc(F)cn2)c2ccc(F)c(F)c2O)CC1. The number of hydrogen-bond donors (Lipinski definition) is 2. The van der Waals surface area contributed by atoms with E-state index in [1.807, 2.05) is 14.1 Å². The molecule has 2 saturated heterocycles. The molecule has 2 fully saturated rings. The van der Waals surface area contributed by atoms with Gasteiger partial charge in [-0.1, -0.05) is 11.6 Å². The molecular formula is C36H38ClF5N4O4. The van der Waals surface area contributed by atoms with Crippen LogP contribution in [-0.4, -0.2) is 82.5 Å². The average molecular weight is 721 g/mol. The molecule has 50 heavy (non-hydrogen) atoms. The Morgan fingerprint density at radius 2 is 1.06 bits per heavy atom. The standard InChI is InChI=1S/C18H19ClF2N2O2.C18H19F3N2O2/c2*1-23-8-6-12(7-9-23)25-18(15-5-2-11(19)10-22-15)13-3-4-14(20)16(21)17(13)24/h2*2-5,10,12,18,24H,6-9H2,1H3. The smallest absolute Gasteiger partial charge is 0.200 e. The summed E-state index contributed by atoms with van der Waals surface area (Å²) in [5.74, 6) is -6.97. The van der Waals surface area contributed by atoms with Crippen LogP contribution in [0.3, 0.4) is 0 Å². The fourth-order valence-electron chi connectivity index (χ4n) is 5.85. The van der Waals surface area contributed by atoms with Crippen molar-refractivity contribution in [1.29, 1.82) is 0 Å². The molecule has 0 amide bonds. The molecule has 0 radical (unpaired) electrons. The number of phenols is 2. The fourth-order valence-corrected chi connectivity index (χ4v) is 5.96. The molecule has 6 rings (SSSR count). The Kier molecular flexibility index (Phi) is 12.6. The van der Waals surface area contributed by atoms with Crippen LogP contribution in [-0.2, 0) is 9.47 Å². The predicted octanol–water partition coefficient (Wildman–Crippen LogP) is 7.32. The molecular weight excluding hydrogens is 683 g/mol. The third kappa shape index (κ3) is 9.26. The molecule has 2 atom stereocenters. The molecule has 268 valence electrons. The number of rotatable bonds is 8. The largest absolute Gasteiger partial charge is 0.504 e. The minimum Gasteiger partial charge on any atom is -0.504 e. The first kappa shape index (κ1) is 37.4. The Morgan fingerprint density at radius 1 is 0.640 bits per heavy atom. The summed E-state index contributed by atoms with van der Waals surface area (Å²) in [5.41, 5.74) is 1.01. The van der Waals surface area contributed by atoms with Gasteiger partial charge in [0.05, 0.1) is 34.8 Å². The highest BCUT2D eigenvalue weighted by Crippen LogP contribution is 2.38. The highest BCUT2D eigenvalue weighted by atomic mass is 35.5. The van der Waals surface area contributed by atoms with Gasteiger partial charge in [0.2, 0.25) is 11.6 Å². The van der Waals surface area contributed by atoms with E-state index in [1.165, 1.54) is 30.5 Å². The normalized spacial score (nSPS) is 17.6. The Morgan fingerprint density at radius 3 is 1.44 bits per heavy atom. The van der Waals surface area contributed by atoms with Crippen molar-refractivity contribution in [1.82, 2.24) is 19.8 Å². The van der Waals surface area contributed by atoms with E-state index in [0.717, 1.165) is 70.2 Å². The van der Waals surface area contributed by atoms with Crippen LogP contribution in [0.1, 0.15) is 60.4 Å². The Balaban J connectivity index is 0.000000194. The lowest BCUT2D eigenvalue weighted by Crippen LogP contribution is -2.35. The number of aromatic nitrogens is 2. The summed E-state index contributed by atoms with van der Waals surface area (Å²) in [6.07, 6.45) is 3.72. The van der Waals surface area contributed by atoms with Crippen molar-refractivity contribution in [3.63, 3.8) is 0 Å². The molecule has 0 aliphatic carbocycles. The number of pyridine rings is 2. The maximum atomic E-state index is 13.8. The predicted molar refractivity (Wildman–Crippen MR) is 176 cm³/mol. The Hall–Kier alpha value is -3.88. The number of aromatic hydroxyl groups is 2. The van der Waals surface area contributed by atoms with E-state index >= 15 is 0 Å². The van der Waals surface area contributed by atoms with Crippen molar-refractivity contribution < 1.29 is 41.6 Å². The number of piperidine rings is 2. The number of halogens is 6. The molecule has 2 unspecified atom stereocenters. The van der Waals surface area contributed by atoms with Gasteiger partial charge in [0.1, 0.15) is 18.0 Å². The van der Waals surface area contributed by atoms with Crippen LogP contribution in [0, 0.1) is 29.1 Å². The van der Waals surface area contributed by atoms with Gasteiger partial charge in [0.15, 0.2) is 23.1 Å². The fraction of sp³-hybridized carbons (Fsp3) is 0.389. The zero-order valence-electron chi connectivity index (χ0n) is 27.5.